The molecule has 118 valence electrons. The fraction of sp³-hybridized carbons (Fsp3) is 0.263. The number of carbonyl (C=O) groups is 2. The minimum atomic E-state index is -0.0591. The van der Waals surface area contributed by atoms with Gasteiger partial charge in [-0.05, 0) is 61.6 Å². The average Bonchev–Trinajstić information content (AvgIpc) is 3.01. The van der Waals surface area contributed by atoms with Gasteiger partial charge < -0.3 is 5.32 Å². The molecule has 0 radical (unpaired) electrons. The number of Topliss-reactive ketones (excluding diaryl/α,β-unsaturated/α-hetero) is 1. The van der Waals surface area contributed by atoms with E-state index >= 15 is 0 Å². The molecule has 2 aromatic carbocycles. The fourth-order valence-electron chi connectivity index (χ4n) is 2.80. The second-order valence-corrected chi connectivity index (χ2v) is 6.81. The third-order valence-corrected chi connectivity index (χ3v) is 4.99. The van der Waals surface area contributed by atoms with Crippen molar-refractivity contribution in [1.29, 1.82) is 0 Å². The Labute approximate surface area is 140 Å². The van der Waals surface area contributed by atoms with Crippen molar-refractivity contribution in [2.24, 2.45) is 0 Å². The predicted octanol–water partition coefficient (Wildman–Crippen LogP) is 4.11. The molecule has 3 nitrogen and oxygen atoms in total. The highest BCUT2D eigenvalue weighted by Crippen LogP contribution is 2.27. The molecule has 0 fully saturated rings. The molecule has 0 aromatic heterocycles. The van der Waals surface area contributed by atoms with Crippen LogP contribution in [0.5, 0.6) is 0 Å². The molecule has 0 bridgehead atoms. The Morgan fingerprint density at radius 3 is 2.74 bits per heavy atom. The number of thioether (sulfide) groups is 1. The Morgan fingerprint density at radius 1 is 1.09 bits per heavy atom. The number of aryl methyl sites for hydroxylation is 2. The highest BCUT2D eigenvalue weighted by atomic mass is 32.2. The van der Waals surface area contributed by atoms with Gasteiger partial charge in [0.25, 0.3) is 0 Å². The van der Waals surface area contributed by atoms with Gasteiger partial charge in [-0.25, -0.2) is 0 Å². The topological polar surface area (TPSA) is 46.2 Å². The van der Waals surface area contributed by atoms with Crippen molar-refractivity contribution in [3.05, 3.63) is 59.2 Å². The van der Waals surface area contributed by atoms with Crippen molar-refractivity contribution >= 4 is 29.1 Å². The summed E-state index contributed by atoms with van der Waals surface area (Å²) in [6.07, 6.45) is 3.55. The molecule has 1 aliphatic carbocycles. The molecule has 0 aliphatic heterocycles. The Hall–Kier alpha value is -2.07. The number of hydrogen-bond acceptors (Lipinski definition) is 3. The van der Waals surface area contributed by atoms with Crippen molar-refractivity contribution in [1.82, 2.24) is 0 Å². The summed E-state index contributed by atoms with van der Waals surface area (Å²) in [5, 5.41) is 2.85. The van der Waals surface area contributed by atoms with E-state index in [1.54, 1.807) is 36.0 Å². The lowest BCUT2D eigenvalue weighted by molar-refractivity contribution is -0.113. The van der Waals surface area contributed by atoms with Crippen LogP contribution in [0.3, 0.4) is 0 Å². The number of hydrogen-bond donors (Lipinski definition) is 1. The molecule has 0 saturated heterocycles. The SMILES string of the molecule is CC(=O)c1cccc(NC(=O)CSc2ccc3c(c2)CCC3)c1. The molecule has 1 amide bonds. The van der Waals surface area contributed by atoms with Gasteiger partial charge in [-0.2, -0.15) is 0 Å². The third-order valence-electron chi connectivity index (χ3n) is 3.99. The van der Waals surface area contributed by atoms with Crippen LogP contribution in [0, 0.1) is 0 Å². The van der Waals surface area contributed by atoms with Gasteiger partial charge in [0.05, 0.1) is 5.75 Å². The molecule has 0 heterocycles. The van der Waals surface area contributed by atoms with E-state index in [0.717, 1.165) is 11.3 Å². The van der Waals surface area contributed by atoms with Crippen LogP contribution < -0.4 is 5.32 Å². The number of amides is 1. The fourth-order valence-corrected chi connectivity index (χ4v) is 3.56. The summed E-state index contributed by atoms with van der Waals surface area (Å²) >= 11 is 1.55. The van der Waals surface area contributed by atoms with Gasteiger partial charge in [-0.1, -0.05) is 18.2 Å². The standard InChI is InChI=1S/C19H19NO2S/c1-13(21)15-5-3-7-17(10-15)20-19(22)12-23-18-9-8-14-4-2-6-16(14)11-18/h3,5,7-11H,2,4,6,12H2,1H3,(H,20,22). The highest BCUT2D eigenvalue weighted by molar-refractivity contribution is 8.00. The number of benzene rings is 2. The molecule has 1 N–H and O–H groups in total. The molecule has 0 atom stereocenters. The van der Waals surface area contributed by atoms with Gasteiger partial charge in [0.2, 0.25) is 5.91 Å². The van der Waals surface area contributed by atoms with Gasteiger partial charge in [-0.3, -0.25) is 9.59 Å². The van der Waals surface area contributed by atoms with Crippen LogP contribution in [0.4, 0.5) is 5.69 Å². The number of fused-ring (bicyclic) bond motifs is 1. The summed E-state index contributed by atoms with van der Waals surface area (Å²) in [5.41, 5.74) is 4.13. The number of rotatable bonds is 5. The zero-order valence-corrected chi connectivity index (χ0v) is 13.9. The number of nitrogens with one attached hydrogen (secondary N) is 1. The van der Waals surface area contributed by atoms with Gasteiger partial charge in [-0.15, -0.1) is 11.8 Å². The molecule has 0 saturated carbocycles. The Bertz CT molecular complexity index is 755. The summed E-state index contributed by atoms with van der Waals surface area (Å²) in [5.74, 6) is 0.299. The average molecular weight is 325 g/mol. The normalized spacial score (nSPS) is 12.7. The zero-order valence-electron chi connectivity index (χ0n) is 13.1. The summed E-state index contributed by atoms with van der Waals surface area (Å²) in [7, 11) is 0. The van der Waals surface area contributed by atoms with E-state index < -0.39 is 0 Å². The first-order valence-electron chi connectivity index (χ1n) is 7.77. The van der Waals surface area contributed by atoms with Crippen molar-refractivity contribution in [2.45, 2.75) is 31.1 Å². The summed E-state index contributed by atoms with van der Waals surface area (Å²) < 4.78 is 0. The first-order chi connectivity index (χ1) is 11.1. The van der Waals surface area contributed by atoms with Crippen molar-refractivity contribution in [3.8, 4) is 0 Å². The molecule has 3 rings (SSSR count). The summed E-state index contributed by atoms with van der Waals surface area (Å²) in [6.45, 7) is 1.52. The molecule has 0 unspecified atom stereocenters. The van der Waals surface area contributed by atoms with E-state index in [-0.39, 0.29) is 11.7 Å². The molecular weight excluding hydrogens is 306 g/mol. The largest absolute Gasteiger partial charge is 0.325 e. The van der Waals surface area contributed by atoms with E-state index in [1.807, 2.05) is 0 Å². The highest BCUT2D eigenvalue weighted by Gasteiger charge is 2.12. The Morgan fingerprint density at radius 2 is 1.91 bits per heavy atom. The maximum absolute atomic E-state index is 12.1. The molecule has 4 heteroatoms. The van der Waals surface area contributed by atoms with Crippen LogP contribution in [0.25, 0.3) is 0 Å². The second-order valence-electron chi connectivity index (χ2n) is 5.76. The lowest BCUT2D eigenvalue weighted by atomic mass is 10.1. The van der Waals surface area contributed by atoms with E-state index in [9.17, 15) is 9.59 Å². The first kappa shape index (κ1) is 15.8. The first-order valence-corrected chi connectivity index (χ1v) is 8.76. The summed E-state index contributed by atoms with van der Waals surface area (Å²) in [6, 6.07) is 13.5. The number of anilines is 1. The second kappa shape index (κ2) is 7.01. The van der Waals surface area contributed by atoms with Gasteiger partial charge in [0, 0.05) is 16.1 Å². The van der Waals surface area contributed by atoms with E-state index in [0.29, 0.717) is 17.0 Å². The quantitative estimate of drug-likeness (QED) is 0.665. The molecule has 0 spiro atoms. The maximum Gasteiger partial charge on any atom is 0.234 e. The summed E-state index contributed by atoms with van der Waals surface area (Å²) in [4.78, 5) is 24.6. The lowest BCUT2D eigenvalue weighted by Gasteiger charge is -2.07. The predicted molar refractivity (Wildman–Crippen MR) is 94.3 cm³/mol. The maximum atomic E-state index is 12.1. The van der Waals surface area contributed by atoms with Gasteiger partial charge in [0.1, 0.15) is 0 Å². The minimum absolute atomic E-state index is 0.00591. The minimum Gasteiger partial charge on any atom is -0.325 e. The molecule has 1 aliphatic rings. The third kappa shape index (κ3) is 4.02. The number of carbonyl (C=O) groups excluding carboxylic acids is 2. The van der Waals surface area contributed by atoms with E-state index in [1.165, 1.54) is 30.9 Å². The lowest BCUT2D eigenvalue weighted by Crippen LogP contribution is -2.14. The van der Waals surface area contributed by atoms with Crippen LogP contribution in [0.15, 0.2) is 47.4 Å². The van der Waals surface area contributed by atoms with Crippen LogP contribution in [-0.4, -0.2) is 17.4 Å². The molecular formula is C19H19NO2S. The van der Waals surface area contributed by atoms with Crippen molar-refractivity contribution in [2.75, 3.05) is 11.1 Å². The monoisotopic (exact) mass is 325 g/mol. The van der Waals surface area contributed by atoms with Crippen LogP contribution in [-0.2, 0) is 17.6 Å². The van der Waals surface area contributed by atoms with Crippen molar-refractivity contribution in [3.63, 3.8) is 0 Å². The Kier molecular flexibility index (Phi) is 4.82. The van der Waals surface area contributed by atoms with Crippen LogP contribution in [0.1, 0.15) is 34.8 Å². The Balaban J connectivity index is 1.57. The molecule has 2 aromatic rings. The number of ketones is 1. The van der Waals surface area contributed by atoms with Crippen LogP contribution in [0.2, 0.25) is 0 Å². The smallest absolute Gasteiger partial charge is 0.234 e. The van der Waals surface area contributed by atoms with Crippen LogP contribution >= 0.6 is 11.8 Å². The van der Waals surface area contributed by atoms with E-state index in [4.69, 9.17) is 0 Å². The van der Waals surface area contributed by atoms with E-state index in [2.05, 4.69) is 23.5 Å². The molecule has 23 heavy (non-hydrogen) atoms. The van der Waals surface area contributed by atoms with Gasteiger partial charge in [0.15, 0.2) is 5.78 Å². The zero-order chi connectivity index (χ0) is 16.2. The van der Waals surface area contributed by atoms with Gasteiger partial charge >= 0.3 is 0 Å². The van der Waals surface area contributed by atoms with Crippen molar-refractivity contribution < 1.29 is 9.59 Å².